The highest BCUT2D eigenvalue weighted by Gasteiger charge is 2.28. The number of nitrogens with one attached hydrogen (secondary N) is 1. The molecule has 100 valence electrons. The summed E-state index contributed by atoms with van der Waals surface area (Å²) in [6.45, 7) is 4.45. The van der Waals surface area contributed by atoms with Crippen LogP contribution in [0.4, 0.5) is 0 Å². The lowest BCUT2D eigenvalue weighted by Gasteiger charge is -2.31. The molecule has 0 bridgehead atoms. The predicted octanol–water partition coefficient (Wildman–Crippen LogP) is 3.74. The van der Waals surface area contributed by atoms with Crippen LogP contribution in [0.5, 0.6) is 0 Å². The lowest BCUT2D eigenvalue weighted by molar-refractivity contribution is 0.191. The van der Waals surface area contributed by atoms with E-state index in [1.807, 2.05) is 19.2 Å². The first-order valence-electron chi connectivity index (χ1n) is 6.48. The second-order valence-corrected chi connectivity index (χ2v) is 5.76. The van der Waals surface area contributed by atoms with Gasteiger partial charge in [-0.1, -0.05) is 29.3 Å². The summed E-state index contributed by atoms with van der Waals surface area (Å²) in [5.41, 5.74) is 1.24. The highest BCUT2D eigenvalue weighted by molar-refractivity contribution is 6.42. The Morgan fingerprint density at radius 2 is 2.17 bits per heavy atom. The molecule has 2 unspecified atom stereocenters. The van der Waals surface area contributed by atoms with Crippen molar-refractivity contribution < 1.29 is 0 Å². The number of nitrogens with zero attached hydrogens (tertiary/aromatic N) is 1. The summed E-state index contributed by atoms with van der Waals surface area (Å²) in [5, 5.41) is 4.55. The second kappa shape index (κ2) is 6.25. The predicted molar refractivity (Wildman–Crippen MR) is 78.5 cm³/mol. The molecule has 1 aliphatic heterocycles. The summed E-state index contributed by atoms with van der Waals surface area (Å²) < 4.78 is 0. The number of rotatable bonds is 4. The Kier molecular flexibility index (Phi) is 4.91. The summed E-state index contributed by atoms with van der Waals surface area (Å²) >= 11 is 12.1. The average molecular weight is 287 g/mol. The summed E-state index contributed by atoms with van der Waals surface area (Å²) in [5.74, 6) is 0. The first-order valence-corrected chi connectivity index (χ1v) is 7.24. The van der Waals surface area contributed by atoms with Crippen molar-refractivity contribution in [3.8, 4) is 0 Å². The molecule has 1 saturated heterocycles. The third kappa shape index (κ3) is 3.00. The van der Waals surface area contributed by atoms with E-state index in [1.165, 1.54) is 18.4 Å². The summed E-state index contributed by atoms with van der Waals surface area (Å²) in [4.78, 5) is 2.55. The molecule has 1 aromatic rings. The van der Waals surface area contributed by atoms with E-state index in [4.69, 9.17) is 23.2 Å². The summed E-state index contributed by atoms with van der Waals surface area (Å²) in [7, 11) is 2.01. The lowest BCUT2D eigenvalue weighted by Crippen LogP contribution is -2.38. The van der Waals surface area contributed by atoms with Crippen molar-refractivity contribution in [1.29, 1.82) is 0 Å². The van der Waals surface area contributed by atoms with Crippen molar-refractivity contribution in [2.24, 2.45) is 0 Å². The van der Waals surface area contributed by atoms with Gasteiger partial charge in [0.1, 0.15) is 0 Å². The third-order valence-corrected chi connectivity index (χ3v) is 4.52. The van der Waals surface area contributed by atoms with E-state index < -0.39 is 0 Å². The van der Waals surface area contributed by atoms with Crippen molar-refractivity contribution in [3.63, 3.8) is 0 Å². The molecule has 2 nitrogen and oxygen atoms in total. The fraction of sp³-hybridized carbons (Fsp3) is 0.571. The first-order chi connectivity index (χ1) is 8.63. The zero-order valence-electron chi connectivity index (χ0n) is 10.9. The smallest absolute Gasteiger partial charge is 0.0595 e. The second-order valence-electron chi connectivity index (χ2n) is 4.94. The van der Waals surface area contributed by atoms with Crippen LogP contribution in [-0.4, -0.2) is 31.1 Å². The van der Waals surface area contributed by atoms with Crippen LogP contribution in [0.15, 0.2) is 18.2 Å². The molecule has 2 atom stereocenters. The largest absolute Gasteiger partial charge is 0.318 e. The molecule has 1 aliphatic rings. The van der Waals surface area contributed by atoms with E-state index in [9.17, 15) is 0 Å². The van der Waals surface area contributed by atoms with Crippen molar-refractivity contribution in [3.05, 3.63) is 33.8 Å². The molecule has 1 aromatic carbocycles. The minimum atomic E-state index is 0.389. The van der Waals surface area contributed by atoms with E-state index in [2.05, 4.69) is 23.2 Å². The topological polar surface area (TPSA) is 15.3 Å². The van der Waals surface area contributed by atoms with Gasteiger partial charge in [-0.25, -0.2) is 0 Å². The fourth-order valence-electron chi connectivity index (χ4n) is 2.79. The van der Waals surface area contributed by atoms with Crippen LogP contribution in [0.3, 0.4) is 0 Å². The Morgan fingerprint density at radius 1 is 1.39 bits per heavy atom. The quantitative estimate of drug-likeness (QED) is 0.907. The molecule has 18 heavy (non-hydrogen) atoms. The van der Waals surface area contributed by atoms with Crippen molar-refractivity contribution in [2.75, 3.05) is 20.1 Å². The maximum Gasteiger partial charge on any atom is 0.0595 e. The molecule has 0 radical (unpaired) electrons. The minimum Gasteiger partial charge on any atom is -0.318 e. The molecule has 4 heteroatoms. The standard InChI is InChI=1S/C14H20Cl2N2/c1-10(11-5-6-13(15)14(16)8-11)18-7-3-4-12(18)9-17-2/h5-6,8,10,12,17H,3-4,7,9H2,1-2H3. The van der Waals surface area contributed by atoms with Crippen LogP contribution in [0, 0.1) is 0 Å². The zero-order chi connectivity index (χ0) is 13.1. The summed E-state index contributed by atoms with van der Waals surface area (Å²) in [6.07, 6.45) is 2.55. The van der Waals surface area contributed by atoms with Gasteiger partial charge in [-0.15, -0.1) is 0 Å². The van der Waals surface area contributed by atoms with Crippen molar-refractivity contribution in [1.82, 2.24) is 10.2 Å². The summed E-state index contributed by atoms with van der Waals surface area (Å²) in [6, 6.07) is 6.97. The van der Waals surface area contributed by atoms with Gasteiger partial charge in [-0.05, 0) is 51.1 Å². The molecule has 0 amide bonds. The van der Waals surface area contributed by atoms with Gasteiger partial charge in [0.15, 0.2) is 0 Å². The molecule has 1 N–H and O–H groups in total. The SMILES string of the molecule is CNCC1CCCN1C(C)c1ccc(Cl)c(Cl)c1. The van der Waals surface area contributed by atoms with Crippen molar-refractivity contribution >= 4 is 23.2 Å². The highest BCUT2D eigenvalue weighted by Crippen LogP contribution is 2.32. The number of likely N-dealkylation sites (N-methyl/N-ethyl adjacent to an activating group) is 1. The molecule has 1 heterocycles. The fourth-order valence-corrected chi connectivity index (χ4v) is 3.09. The first kappa shape index (κ1) is 14.1. The Bertz CT molecular complexity index is 409. The van der Waals surface area contributed by atoms with Gasteiger partial charge in [-0.3, -0.25) is 4.90 Å². The van der Waals surface area contributed by atoms with Crippen LogP contribution < -0.4 is 5.32 Å². The normalized spacial score (nSPS) is 22.3. The van der Waals surface area contributed by atoms with Gasteiger partial charge in [0.05, 0.1) is 10.0 Å². The average Bonchev–Trinajstić information content (AvgIpc) is 2.80. The molecule has 0 aliphatic carbocycles. The number of likely N-dealkylation sites (tertiary alicyclic amines) is 1. The van der Waals surface area contributed by atoms with E-state index in [0.717, 1.165) is 13.1 Å². The monoisotopic (exact) mass is 286 g/mol. The van der Waals surface area contributed by atoms with E-state index in [1.54, 1.807) is 0 Å². The van der Waals surface area contributed by atoms with E-state index in [0.29, 0.717) is 22.1 Å². The number of hydrogen-bond donors (Lipinski definition) is 1. The Labute approximate surface area is 119 Å². The Balaban J connectivity index is 2.14. The maximum absolute atomic E-state index is 6.10. The van der Waals surface area contributed by atoms with Gasteiger partial charge in [-0.2, -0.15) is 0 Å². The number of benzene rings is 1. The van der Waals surface area contributed by atoms with Crippen LogP contribution in [0.1, 0.15) is 31.4 Å². The molecular weight excluding hydrogens is 267 g/mol. The molecule has 0 spiro atoms. The molecule has 0 aromatic heterocycles. The number of hydrogen-bond acceptors (Lipinski definition) is 2. The highest BCUT2D eigenvalue weighted by atomic mass is 35.5. The minimum absolute atomic E-state index is 0.389. The Hall–Kier alpha value is -0.280. The van der Waals surface area contributed by atoms with Crippen molar-refractivity contribution in [2.45, 2.75) is 31.8 Å². The van der Waals surface area contributed by atoms with Crippen LogP contribution in [0.2, 0.25) is 10.0 Å². The van der Waals surface area contributed by atoms with Gasteiger partial charge >= 0.3 is 0 Å². The Morgan fingerprint density at radius 3 is 2.83 bits per heavy atom. The van der Waals surface area contributed by atoms with Gasteiger partial charge in [0, 0.05) is 18.6 Å². The molecular formula is C14H20Cl2N2. The molecule has 2 rings (SSSR count). The molecule has 0 saturated carbocycles. The zero-order valence-corrected chi connectivity index (χ0v) is 12.4. The van der Waals surface area contributed by atoms with E-state index >= 15 is 0 Å². The maximum atomic E-state index is 6.10. The lowest BCUT2D eigenvalue weighted by atomic mass is 10.1. The van der Waals surface area contributed by atoms with E-state index in [-0.39, 0.29) is 0 Å². The van der Waals surface area contributed by atoms with Crippen LogP contribution in [0.25, 0.3) is 0 Å². The third-order valence-electron chi connectivity index (χ3n) is 3.79. The van der Waals surface area contributed by atoms with Crippen LogP contribution in [-0.2, 0) is 0 Å². The van der Waals surface area contributed by atoms with Crippen LogP contribution >= 0.6 is 23.2 Å². The van der Waals surface area contributed by atoms with Gasteiger partial charge in [0.2, 0.25) is 0 Å². The van der Waals surface area contributed by atoms with Gasteiger partial charge in [0.25, 0.3) is 0 Å². The van der Waals surface area contributed by atoms with Gasteiger partial charge < -0.3 is 5.32 Å². The molecule has 1 fully saturated rings. The number of halogens is 2.